The van der Waals surface area contributed by atoms with Crippen LogP contribution in [0.25, 0.3) is 0 Å². The number of aryl methyl sites for hydroxylation is 1. The summed E-state index contributed by atoms with van der Waals surface area (Å²) < 4.78 is 0. The Morgan fingerprint density at radius 2 is 2.00 bits per heavy atom. The summed E-state index contributed by atoms with van der Waals surface area (Å²) >= 11 is 0. The van der Waals surface area contributed by atoms with E-state index >= 15 is 0 Å². The summed E-state index contributed by atoms with van der Waals surface area (Å²) in [5, 5.41) is 0. The fraction of sp³-hybridized carbons (Fsp3) is 0.647. The van der Waals surface area contributed by atoms with Crippen molar-refractivity contribution < 1.29 is 0 Å². The first-order valence-electron chi connectivity index (χ1n) is 7.52. The minimum absolute atomic E-state index is 0.299. The van der Waals surface area contributed by atoms with E-state index in [0.717, 1.165) is 13.0 Å². The molecule has 2 unspecified atom stereocenters. The summed E-state index contributed by atoms with van der Waals surface area (Å²) in [6, 6.07) is 9.43. The van der Waals surface area contributed by atoms with Crippen LogP contribution < -0.4 is 10.6 Å². The van der Waals surface area contributed by atoms with Gasteiger partial charge in [-0.15, -0.1) is 0 Å². The number of benzene rings is 1. The maximum absolute atomic E-state index is 6.42. The average molecular weight is 260 g/mol. The fourth-order valence-electron chi connectivity index (χ4n) is 3.38. The average Bonchev–Trinajstić information content (AvgIpc) is 2.36. The molecule has 0 saturated heterocycles. The Hall–Kier alpha value is -1.02. The van der Waals surface area contributed by atoms with Crippen LogP contribution in [0, 0.1) is 12.3 Å². The van der Waals surface area contributed by atoms with E-state index in [1.54, 1.807) is 0 Å². The summed E-state index contributed by atoms with van der Waals surface area (Å²) in [6.07, 6.45) is 3.58. The van der Waals surface area contributed by atoms with Gasteiger partial charge in [0.25, 0.3) is 0 Å². The standard InChI is InChI=1S/C17H28N2/c1-5-19(15-9-7-6-8-13(15)2)16-12-17(3,4)11-10-14(16)18/h6-9,14,16H,5,10-12,18H2,1-4H3. The van der Waals surface area contributed by atoms with Crippen LogP contribution in [0.1, 0.15) is 45.6 Å². The molecule has 2 nitrogen and oxygen atoms in total. The van der Waals surface area contributed by atoms with Crippen molar-refractivity contribution in [2.45, 2.75) is 59.0 Å². The molecule has 0 heterocycles. The maximum Gasteiger partial charge on any atom is 0.0446 e. The predicted molar refractivity (Wildman–Crippen MR) is 83.6 cm³/mol. The van der Waals surface area contributed by atoms with Gasteiger partial charge in [-0.25, -0.2) is 0 Å². The number of hydrogen-bond donors (Lipinski definition) is 1. The van der Waals surface area contributed by atoms with Crippen molar-refractivity contribution in [2.75, 3.05) is 11.4 Å². The topological polar surface area (TPSA) is 29.3 Å². The lowest BCUT2D eigenvalue weighted by atomic mass is 9.72. The van der Waals surface area contributed by atoms with Crippen LogP contribution in [0.15, 0.2) is 24.3 Å². The van der Waals surface area contributed by atoms with E-state index < -0.39 is 0 Å². The van der Waals surface area contributed by atoms with Gasteiger partial charge < -0.3 is 10.6 Å². The molecular formula is C17H28N2. The van der Waals surface area contributed by atoms with Gasteiger partial charge in [0.2, 0.25) is 0 Å². The number of nitrogens with two attached hydrogens (primary N) is 1. The first-order valence-corrected chi connectivity index (χ1v) is 7.52. The third-order valence-electron chi connectivity index (χ3n) is 4.58. The van der Waals surface area contributed by atoms with Crippen LogP contribution >= 0.6 is 0 Å². The second-order valence-electron chi connectivity index (χ2n) is 6.71. The van der Waals surface area contributed by atoms with Crippen molar-refractivity contribution in [3.05, 3.63) is 29.8 Å². The van der Waals surface area contributed by atoms with Crippen molar-refractivity contribution in [1.29, 1.82) is 0 Å². The van der Waals surface area contributed by atoms with Crippen LogP contribution in [0.3, 0.4) is 0 Å². The van der Waals surface area contributed by atoms with E-state index in [1.165, 1.54) is 24.1 Å². The molecule has 1 fully saturated rings. The summed E-state index contributed by atoms with van der Waals surface area (Å²) in [4.78, 5) is 2.51. The zero-order chi connectivity index (χ0) is 14.0. The molecule has 2 N–H and O–H groups in total. The minimum Gasteiger partial charge on any atom is -0.367 e. The van der Waals surface area contributed by atoms with Gasteiger partial charge in [0.15, 0.2) is 0 Å². The number of para-hydroxylation sites is 1. The van der Waals surface area contributed by atoms with Crippen molar-refractivity contribution >= 4 is 5.69 Å². The van der Waals surface area contributed by atoms with Gasteiger partial charge in [0.1, 0.15) is 0 Å². The Morgan fingerprint density at radius 3 is 2.63 bits per heavy atom. The lowest BCUT2D eigenvalue weighted by Crippen LogP contribution is -2.53. The van der Waals surface area contributed by atoms with Crippen LogP contribution in [-0.4, -0.2) is 18.6 Å². The molecular weight excluding hydrogens is 232 g/mol. The van der Waals surface area contributed by atoms with E-state index in [9.17, 15) is 0 Å². The second kappa shape index (κ2) is 5.54. The monoisotopic (exact) mass is 260 g/mol. The summed E-state index contributed by atoms with van der Waals surface area (Å²) in [6.45, 7) is 10.2. The number of likely N-dealkylation sites (N-methyl/N-ethyl adjacent to an activating group) is 1. The smallest absolute Gasteiger partial charge is 0.0446 e. The third-order valence-corrected chi connectivity index (χ3v) is 4.58. The molecule has 0 spiro atoms. The van der Waals surface area contributed by atoms with E-state index in [-0.39, 0.29) is 0 Å². The third kappa shape index (κ3) is 3.11. The van der Waals surface area contributed by atoms with Gasteiger partial charge in [-0.1, -0.05) is 32.0 Å². The Labute approximate surface area is 118 Å². The molecule has 1 aromatic carbocycles. The van der Waals surface area contributed by atoms with Crippen LogP contribution in [-0.2, 0) is 0 Å². The number of nitrogens with zero attached hydrogens (tertiary/aromatic N) is 1. The van der Waals surface area contributed by atoms with Crippen LogP contribution in [0.4, 0.5) is 5.69 Å². The summed E-state index contributed by atoms with van der Waals surface area (Å²) in [5.74, 6) is 0. The highest BCUT2D eigenvalue weighted by atomic mass is 15.2. The number of hydrogen-bond acceptors (Lipinski definition) is 2. The molecule has 19 heavy (non-hydrogen) atoms. The molecule has 1 saturated carbocycles. The zero-order valence-corrected chi connectivity index (χ0v) is 12.8. The first kappa shape index (κ1) is 14.4. The molecule has 1 aliphatic carbocycles. The maximum atomic E-state index is 6.42. The lowest BCUT2D eigenvalue weighted by Gasteiger charge is -2.45. The normalized spacial score (nSPS) is 26.2. The molecule has 106 valence electrons. The van der Waals surface area contributed by atoms with Gasteiger partial charge in [-0.2, -0.15) is 0 Å². The molecule has 2 rings (SSSR count). The predicted octanol–water partition coefficient (Wildman–Crippen LogP) is 3.73. The van der Waals surface area contributed by atoms with Gasteiger partial charge in [-0.3, -0.25) is 0 Å². The minimum atomic E-state index is 0.299. The Bertz CT molecular complexity index is 425. The van der Waals surface area contributed by atoms with Crippen molar-refractivity contribution in [3.63, 3.8) is 0 Å². The Balaban J connectivity index is 2.28. The quantitative estimate of drug-likeness (QED) is 0.897. The molecule has 0 radical (unpaired) electrons. The van der Waals surface area contributed by atoms with Crippen LogP contribution in [0.5, 0.6) is 0 Å². The van der Waals surface area contributed by atoms with Gasteiger partial charge in [0, 0.05) is 24.3 Å². The molecule has 2 atom stereocenters. The molecule has 1 aromatic rings. The molecule has 1 aliphatic rings. The molecule has 0 amide bonds. The fourth-order valence-corrected chi connectivity index (χ4v) is 3.38. The Morgan fingerprint density at radius 1 is 1.32 bits per heavy atom. The summed E-state index contributed by atoms with van der Waals surface area (Å²) in [5.41, 5.74) is 9.53. The van der Waals surface area contributed by atoms with E-state index in [1.807, 2.05) is 0 Å². The number of anilines is 1. The lowest BCUT2D eigenvalue weighted by molar-refractivity contribution is 0.194. The SMILES string of the molecule is CCN(c1ccccc1C)C1CC(C)(C)CCC1N. The molecule has 0 aromatic heterocycles. The highest BCUT2D eigenvalue weighted by Gasteiger charge is 2.36. The molecule has 2 heteroatoms. The number of rotatable bonds is 3. The van der Waals surface area contributed by atoms with E-state index in [4.69, 9.17) is 5.73 Å². The van der Waals surface area contributed by atoms with Crippen molar-refractivity contribution in [2.24, 2.45) is 11.1 Å². The summed E-state index contributed by atoms with van der Waals surface area (Å²) in [7, 11) is 0. The van der Waals surface area contributed by atoms with Gasteiger partial charge in [0.05, 0.1) is 0 Å². The Kier molecular flexibility index (Phi) is 4.19. The molecule has 0 bridgehead atoms. The zero-order valence-electron chi connectivity index (χ0n) is 12.8. The van der Waals surface area contributed by atoms with Gasteiger partial charge in [-0.05, 0) is 50.2 Å². The highest BCUT2D eigenvalue weighted by Crippen LogP contribution is 2.38. The van der Waals surface area contributed by atoms with Crippen molar-refractivity contribution in [1.82, 2.24) is 0 Å². The van der Waals surface area contributed by atoms with E-state index in [2.05, 4.69) is 56.9 Å². The second-order valence-corrected chi connectivity index (χ2v) is 6.71. The van der Waals surface area contributed by atoms with Crippen LogP contribution in [0.2, 0.25) is 0 Å². The molecule has 0 aliphatic heterocycles. The first-order chi connectivity index (χ1) is 8.94. The van der Waals surface area contributed by atoms with Gasteiger partial charge >= 0.3 is 0 Å². The van der Waals surface area contributed by atoms with Crippen molar-refractivity contribution in [3.8, 4) is 0 Å². The van der Waals surface area contributed by atoms with E-state index in [0.29, 0.717) is 17.5 Å². The largest absolute Gasteiger partial charge is 0.367 e. The highest BCUT2D eigenvalue weighted by molar-refractivity contribution is 5.54.